The molecular weight excluding hydrogens is 262 g/mol. The lowest BCUT2D eigenvalue weighted by Crippen LogP contribution is -2.22. The third-order valence-corrected chi connectivity index (χ3v) is 2.40. The van der Waals surface area contributed by atoms with Crippen molar-refractivity contribution in [3.05, 3.63) is 35.7 Å². The van der Waals surface area contributed by atoms with E-state index in [1.54, 1.807) is 26.0 Å². The molecule has 0 fully saturated rings. The average Bonchev–Trinajstić information content (AvgIpc) is 2.47. The smallest absolute Gasteiger partial charge is 0.215 e. The van der Waals surface area contributed by atoms with E-state index in [0.29, 0.717) is 12.5 Å². The largest absolute Gasteiger partial charge is 0.501 e. The number of hydrogen-bond acceptors (Lipinski definition) is 6. The van der Waals surface area contributed by atoms with Crippen molar-refractivity contribution in [1.29, 1.82) is 0 Å². The number of pyridine rings is 1. The van der Waals surface area contributed by atoms with Crippen molar-refractivity contribution >= 4 is 5.78 Å². The molecule has 1 unspecified atom stereocenters. The maximum absolute atomic E-state index is 12.3. The van der Waals surface area contributed by atoms with Crippen molar-refractivity contribution < 1.29 is 24.1 Å². The van der Waals surface area contributed by atoms with Gasteiger partial charge in [-0.2, -0.15) is 0 Å². The van der Waals surface area contributed by atoms with Crippen molar-refractivity contribution in [3.63, 3.8) is 0 Å². The van der Waals surface area contributed by atoms with E-state index in [0.717, 1.165) is 0 Å². The number of Topliss-reactive ketones (excluding diaryl/α,β-unsaturated/α-hetero) is 1. The summed E-state index contributed by atoms with van der Waals surface area (Å²) in [6, 6.07) is 4.80. The standard InChI is InChI=1S/C14H19NO5/c1-4-19-9-10(14(17)20-5-2)13(16)11-7-6-8-12(15-11)18-3/h6-9,14,17H,4-5H2,1-3H3/b10-9-. The number of aliphatic hydroxyl groups is 1. The fourth-order valence-corrected chi connectivity index (χ4v) is 1.45. The number of nitrogens with zero attached hydrogens (tertiary/aromatic N) is 1. The van der Waals surface area contributed by atoms with E-state index in [2.05, 4.69) is 4.98 Å². The molecule has 20 heavy (non-hydrogen) atoms. The van der Waals surface area contributed by atoms with E-state index in [-0.39, 0.29) is 17.9 Å². The monoisotopic (exact) mass is 281 g/mol. The van der Waals surface area contributed by atoms with Gasteiger partial charge in [0.1, 0.15) is 5.69 Å². The summed E-state index contributed by atoms with van der Waals surface area (Å²) >= 11 is 0. The van der Waals surface area contributed by atoms with Crippen LogP contribution in [0.1, 0.15) is 24.3 Å². The summed E-state index contributed by atoms with van der Waals surface area (Å²) < 4.78 is 15.1. The van der Waals surface area contributed by atoms with Crippen LogP contribution >= 0.6 is 0 Å². The molecule has 6 heteroatoms. The van der Waals surface area contributed by atoms with E-state index in [1.807, 2.05) is 0 Å². The predicted molar refractivity (Wildman–Crippen MR) is 72.5 cm³/mol. The number of rotatable bonds is 8. The number of ether oxygens (including phenoxy) is 3. The molecule has 0 aliphatic carbocycles. The molecular formula is C14H19NO5. The maximum atomic E-state index is 12.3. The van der Waals surface area contributed by atoms with Gasteiger partial charge in [-0.15, -0.1) is 0 Å². The lowest BCUT2D eigenvalue weighted by Gasteiger charge is -2.13. The minimum atomic E-state index is -1.35. The Morgan fingerprint density at radius 1 is 1.40 bits per heavy atom. The summed E-state index contributed by atoms with van der Waals surface area (Å²) in [5, 5.41) is 9.84. The highest BCUT2D eigenvalue weighted by atomic mass is 16.6. The fraction of sp³-hybridized carbons (Fsp3) is 0.429. The normalized spacial score (nSPS) is 12.9. The van der Waals surface area contributed by atoms with E-state index in [1.165, 1.54) is 19.4 Å². The Morgan fingerprint density at radius 3 is 2.75 bits per heavy atom. The van der Waals surface area contributed by atoms with Crippen molar-refractivity contribution in [3.8, 4) is 5.88 Å². The van der Waals surface area contributed by atoms with Gasteiger partial charge in [-0.05, 0) is 19.9 Å². The van der Waals surface area contributed by atoms with E-state index in [4.69, 9.17) is 14.2 Å². The van der Waals surface area contributed by atoms with Gasteiger partial charge >= 0.3 is 0 Å². The third kappa shape index (κ3) is 4.32. The van der Waals surface area contributed by atoms with Crippen LogP contribution in [-0.2, 0) is 9.47 Å². The Morgan fingerprint density at radius 2 is 2.15 bits per heavy atom. The van der Waals surface area contributed by atoms with Gasteiger partial charge in [0.05, 0.1) is 25.6 Å². The molecule has 0 bridgehead atoms. The average molecular weight is 281 g/mol. The second kappa shape index (κ2) is 8.29. The second-order valence-electron chi connectivity index (χ2n) is 3.73. The zero-order valence-electron chi connectivity index (χ0n) is 11.8. The molecule has 0 aliphatic heterocycles. The third-order valence-electron chi connectivity index (χ3n) is 2.40. The Labute approximate surface area is 118 Å². The summed E-state index contributed by atoms with van der Waals surface area (Å²) in [5.74, 6) is -0.157. The van der Waals surface area contributed by atoms with Crippen LogP contribution < -0.4 is 4.74 Å². The number of aliphatic hydroxyl groups excluding tert-OH is 1. The van der Waals surface area contributed by atoms with Gasteiger partial charge in [0, 0.05) is 12.7 Å². The molecule has 0 saturated carbocycles. The van der Waals surface area contributed by atoms with Crippen LogP contribution in [0.5, 0.6) is 5.88 Å². The Kier molecular flexibility index (Phi) is 6.69. The number of carbonyl (C=O) groups excluding carboxylic acids is 1. The first kappa shape index (κ1) is 16.1. The summed E-state index contributed by atoms with van der Waals surface area (Å²) in [7, 11) is 1.46. The predicted octanol–water partition coefficient (Wildman–Crippen LogP) is 1.55. The molecule has 110 valence electrons. The molecule has 0 saturated heterocycles. The van der Waals surface area contributed by atoms with Crippen LogP contribution in [0.25, 0.3) is 0 Å². The summed E-state index contributed by atoms with van der Waals surface area (Å²) in [6.07, 6.45) is -0.156. The highest BCUT2D eigenvalue weighted by Crippen LogP contribution is 2.15. The van der Waals surface area contributed by atoms with Crippen LogP contribution in [0.3, 0.4) is 0 Å². The van der Waals surface area contributed by atoms with Gasteiger partial charge in [-0.1, -0.05) is 6.07 Å². The summed E-state index contributed by atoms with van der Waals surface area (Å²) in [5.41, 5.74) is 0.142. The maximum Gasteiger partial charge on any atom is 0.215 e. The minimum Gasteiger partial charge on any atom is -0.501 e. The number of hydrogen-bond donors (Lipinski definition) is 1. The van der Waals surface area contributed by atoms with Gasteiger partial charge in [0.15, 0.2) is 6.29 Å². The minimum absolute atomic E-state index is 0.00514. The van der Waals surface area contributed by atoms with Gasteiger partial charge < -0.3 is 19.3 Å². The lowest BCUT2D eigenvalue weighted by atomic mass is 10.1. The van der Waals surface area contributed by atoms with Crippen molar-refractivity contribution in [2.24, 2.45) is 0 Å². The number of carbonyl (C=O) groups is 1. The molecule has 0 radical (unpaired) electrons. The van der Waals surface area contributed by atoms with Gasteiger partial charge in [0.25, 0.3) is 0 Å². The summed E-state index contributed by atoms with van der Waals surface area (Å²) in [4.78, 5) is 16.4. The SMILES string of the molecule is CCO/C=C(/C(=O)c1cccc(OC)n1)C(O)OCC. The number of methoxy groups -OCH3 is 1. The quantitative estimate of drug-likeness (QED) is 0.337. The Bertz CT molecular complexity index is 472. The van der Waals surface area contributed by atoms with Crippen LogP contribution in [0.15, 0.2) is 30.0 Å². The molecule has 0 spiro atoms. The molecule has 1 N–H and O–H groups in total. The Balaban J connectivity index is 3.03. The lowest BCUT2D eigenvalue weighted by molar-refractivity contribution is -0.0670. The molecule has 0 aromatic carbocycles. The molecule has 6 nitrogen and oxygen atoms in total. The molecule has 1 heterocycles. The van der Waals surface area contributed by atoms with Crippen LogP contribution in [0, 0.1) is 0 Å². The topological polar surface area (TPSA) is 77.9 Å². The summed E-state index contributed by atoms with van der Waals surface area (Å²) in [6.45, 7) is 4.13. The van der Waals surface area contributed by atoms with E-state index >= 15 is 0 Å². The van der Waals surface area contributed by atoms with Crippen molar-refractivity contribution in [1.82, 2.24) is 4.98 Å². The number of aromatic nitrogens is 1. The van der Waals surface area contributed by atoms with Crippen LogP contribution in [-0.4, -0.2) is 42.5 Å². The Hall–Kier alpha value is -1.92. The molecule has 1 aromatic rings. The molecule has 1 aromatic heterocycles. The zero-order valence-corrected chi connectivity index (χ0v) is 11.8. The van der Waals surface area contributed by atoms with Crippen LogP contribution in [0.4, 0.5) is 0 Å². The van der Waals surface area contributed by atoms with Gasteiger partial charge in [0.2, 0.25) is 11.7 Å². The van der Waals surface area contributed by atoms with Gasteiger partial charge in [-0.25, -0.2) is 4.98 Å². The highest BCUT2D eigenvalue weighted by molar-refractivity contribution is 6.07. The number of ketones is 1. The molecule has 0 amide bonds. The first-order valence-corrected chi connectivity index (χ1v) is 6.31. The highest BCUT2D eigenvalue weighted by Gasteiger charge is 2.22. The molecule has 1 rings (SSSR count). The fourth-order valence-electron chi connectivity index (χ4n) is 1.45. The first-order valence-electron chi connectivity index (χ1n) is 6.31. The van der Waals surface area contributed by atoms with Gasteiger partial charge in [-0.3, -0.25) is 4.79 Å². The van der Waals surface area contributed by atoms with Crippen molar-refractivity contribution in [2.45, 2.75) is 20.1 Å². The van der Waals surface area contributed by atoms with E-state index < -0.39 is 12.1 Å². The van der Waals surface area contributed by atoms with Crippen molar-refractivity contribution in [2.75, 3.05) is 20.3 Å². The zero-order chi connectivity index (χ0) is 15.0. The second-order valence-corrected chi connectivity index (χ2v) is 3.73. The van der Waals surface area contributed by atoms with E-state index in [9.17, 15) is 9.90 Å². The molecule has 1 atom stereocenters. The molecule has 0 aliphatic rings. The first-order chi connectivity index (χ1) is 9.63. The van der Waals surface area contributed by atoms with Crippen LogP contribution in [0.2, 0.25) is 0 Å².